The SMILES string of the molecule is CCCCCCCC1=NN2C(=N)C(=Cc3ccc(-c4ccc(Cl)cc4)o3)C(=O)N=C2S1. The van der Waals surface area contributed by atoms with Crippen LogP contribution in [0.5, 0.6) is 0 Å². The van der Waals surface area contributed by atoms with E-state index in [4.69, 9.17) is 21.4 Å². The molecule has 1 aromatic carbocycles. The molecular formula is C23H23ClN4O2S. The summed E-state index contributed by atoms with van der Waals surface area (Å²) >= 11 is 7.32. The highest BCUT2D eigenvalue weighted by atomic mass is 35.5. The lowest BCUT2D eigenvalue weighted by Crippen LogP contribution is -2.35. The van der Waals surface area contributed by atoms with Gasteiger partial charge in [0.2, 0.25) is 5.17 Å². The number of benzene rings is 1. The van der Waals surface area contributed by atoms with E-state index in [9.17, 15) is 4.79 Å². The van der Waals surface area contributed by atoms with Crippen LogP contribution in [0, 0.1) is 5.41 Å². The van der Waals surface area contributed by atoms with Gasteiger partial charge in [0.25, 0.3) is 5.91 Å². The minimum atomic E-state index is -0.451. The number of amidine groups is 2. The molecule has 2 aliphatic heterocycles. The molecule has 31 heavy (non-hydrogen) atoms. The van der Waals surface area contributed by atoms with E-state index in [1.54, 1.807) is 24.3 Å². The molecule has 0 fully saturated rings. The van der Waals surface area contributed by atoms with Gasteiger partial charge in [0.05, 0.1) is 5.57 Å². The van der Waals surface area contributed by atoms with Crippen molar-refractivity contribution in [2.45, 2.75) is 45.4 Å². The maximum Gasteiger partial charge on any atom is 0.283 e. The predicted molar refractivity (Wildman–Crippen MR) is 128 cm³/mol. The quantitative estimate of drug-likeness (QED) is 0.360. The van der Waals surface area contributed by atoms with Crippen molar-refractivity contribution in [1.29, 1.82) is 5.41 Å². The van der Waals surface area contributed by atoms with Crippen molar-refractivity contribution >= 4 is 51.4 Å². The molecule has 0 atom stereocenters. The fourth-order valence-corrected chi connectivity index (χ4v) is 4.41. The molecule has 3 heterocycles. The van der Waals surface area contributed by atoms with Crippen molar-refractivity contribution in [2.24, 2.45) is 10.1 Å². The van der Waals surface area contributed by atoms with E-state index < -0.39 is 5.91 Å². The summed E-state index contributed by atoms with van der Waals surface area (Å²) in [6.07, 6.45) is 8.29. The number of amides is 1. The zero-order valence-electron chi connectivity index (χ0n) is 17.2. The molecule has 0 aliphatic carbocycles. The van der Waals surface area contributed by atoms with Gasteiger partial charge < -0.3 is 4.42 Å². The van der Waals surface area contributed by atoms with E-state index in [1.165, 1.54) is 36.0 Å². The third kappa shape index (κ3) is 4.99. The lowest BCUT2D eigenvalue weighted by atomic mass is 10.1. The Kier molecular flexibility index (Phi) is 6.73. The Balaban J connectivity index is 1.47. The number of carbonyl (C=O) groups is 1. The van der Waals surface area contributed by atoms with Gasteiger partial charge in [-0.25, -0.2) is 0 Å². The number of furan rings is 1. The first-order valence-electron chi connectivity index (χ1n) is 10.4. The molecule has 1 amide bonds. The monoisotopic (exact) mass is 454 g/mol. The Morgan fingerprint density at radius 3 is 2.68 bits per heavy atom. The number of unbranched alkanes of at least 4 members (excludes halogenated alkanes) is 4. The number of hydrogen-bond acceptors (Lipinski definition) is 5. The lowest BCUT2D eigenvalue weighted by molar-refractivity contribution is -0.114. The van der Waals surface area contributed by atoms with Gasteiger partial charge in [-0.1, -0.05) is 44.2 Å². The third-order valence-corrected chi connectivity index (χ3v) is 6.25. The van der Waals surface area contributed by atoms with Gasteiger partial charge in [-0.15, -0.1) is 0 Å². The summed E-state index contributed by atoms with van der Waals surface area (Å²) in [5.41, 5.74) is 1.04. The third-order valence-electron chi connectivity index (χ3n) is 5.03. The molecule has 0 saturated heterocycles. The number of halogens is 1. The van der Waals surface area contributed by atoms with Gasteiger partial charge in [-0.05, 0) is 67.1 Å². The molecule has 4 rings (SSSR count). The van der Waals surface area contributed by atoms with Gasteiger partial charge in [0.15, 0.2) is 5.84 Å². The number of hydrogen-bond donors (Lipinski definition) is 1. The zero-order chi connectivity index (χ0) is 21.8. The number of rotatable bonds is 8. The smallest absolute Gasteiger partial charge is 0.283 e. The lowest BCUT2D eigenvalue weighted by Gasteiger charge is -2.19. The summed E-state index contributed by atoms with van der Waals surface area (Å²) in [6, 6.07) is 10.9. The van der Waals surface area contributed by atoms with E-state index in [0.717, 1.165) is 29.9 Å². The van der Waals surface area contributed by atoms with Crippen LogP contribution in [-0.4, -0.2) is 27.0 Å². The number of hydrazone groups is 1. The molecule has 0 saturated carbocycles. The highest BCUT2D eigenvalue weighted by Crippen LogP contribution is 2.31. The molecule has 0 unspecified atom stereocenters. The molecular weight excluding hydrogens is 432 g/mol. The molecule has 0 radical (unpaired) electrons. The molecule has 1 N–H and O–H groups in total. The minimum Gasteiger partial charge on any atom is -0.457 e. The second-order valence-corrected chi connectivity index (χ2v) is 8.86. The average Bonchev–Trinajstić information content (AvgIpc) is 3.39. The van der Waals surface area contributed by atoms with Gasteiger partial charge in [0.1, 0.15) is 16.6 Å². The van der Waals surface area contributed by atoms with Crippen molar-refractivity contribution in [3.8, 4) is 11.3 Å². The van der Waals surface area contributed by atoms with Crippen LogP contribution in [0.25, 0.3) is 17.4 Å². The average molecular weight is 455 g/mol. The van der Waals surface area contributed by atoms with Crippen molar-refractivity contribution in [3.05, 3.63) is 52.8 Å². The fourth-order valence-electron chi connectivity index (χ4n) is 3.35. The van der Waals surface area contributed by atoms with Crippen LogP contribution >= 0.6 is 23.4 Å². The van der Waals surface area contributed by atoms with E-state index in [-0.39, 0.29) is 11.4 Å². The molecule has 2 aliphatic rings. The summed E-state index contributed by atoms with van der Waals surface area (Å²) in [5.74, 6) is 0.701. The van der Waals surface area contributed by atoms with Crippen LogP contribution < -0.4 is 0 Å². The fraction of sp³-hybridized carbons (Fsp3) is 0.304. The van der Waals surface area contributed by atoms with Gasteiger partial charge in [0, 0.05) is 10.6 Å². The number of nitrogens with zero attached hydrogens (tertiary/aromatic N) is 3. The van der Waals surface area contributed by atoms with Crippen molar-refractivity contribution < 1.29 is 9.21 Å². The van der Waals surface area contributed by atoms with Crippen LogP contribution in [0.1, 0.15) is 51.2 Å². The summed E-state index contributed by atoms with van der Waals surface area (Å²) in [5, 5.41) is 16.5. The predicted octanol–water partition coefficient (Wildman–Crippen LogP) is 6.58. The highest BCUT2D eigenvalue weighted by molar-refractivity contribution is 8.26. The van der Waals surface area contributed by atoms with Crippen LogP contribution in [0.15, 0.2) is 56.5 Å². The zero-order valence-corrected chi connectivity index (χ0v) is 18.8. The molecule has 6 nitrogen and oxygen atoms in total. The largest absolute Gasteiger partial charge is 0.457 e. The molecule has 0 spiro atoms. The summed E-state index contributed by atoms with van der Waals surface area (Å²) < 4.78 is 5.85. The molecule has 0 bridgehead atoms. The van der Waals surface area contributed by atoms with E-state index >= 15 is 0 Å². The topological polar surface area (TPSA) is 82.0 Å². The van der Waals surface area contributed by atoms with Crippen molar-refractivity contribution in [3.63, 3.8) is 0 Å². The second kappa shape index (κ2) is 9.66. The van der Waals surface area contributed by atoms with Crippen LogP contribution in [0.2, 0.25) is 5.02 Å². The summed E-state index contributed by atoms with van der Waals surface area (Å²) in [4.78, 5) is 16.7. The first kappa shape index (κ1) is 21.6. The molecule has 8 heteroatoms. The van der Waals surface area contributed by atoms with E-state index in [0.29, 0.717) is 21.7 Å². The second-order valence-electron chi connectivity index (χ2n) is 7.39. The first-order chi connectivity index (χ1) is 15.0. The summed E-state index contributed by atoms with van der Waals surface area (Å²) in [6.45, 7) is 2.20. The Bertz CT molecular complexity index is 1090. The molecule has 2 aromatic rings. The van der Waals surface area contributed by atoms with Crippen LogP contribution in [0.4, 0.5) is 0 Å². The van der Waals surface area contributed by atoms with Crippen LogP contribution in [-0.2, 0) is 4.79 Å². The number of aliphatic imine (C=N–C) groups is 1. The van der Waals surface area contributed by atoms with Gasteiger partial charge >= 0.3 is 0 Å². The number of nitrogens with one attached hydrogen (secondary N) is 1. The van der Waals surface area contributed by atoms with Crippen LogP contribution in [0.3, 0.4) is 0 Å². The maximum atomic E-state index is 12.6. The summed E-state index contributed by atoms with van der Waals surface area (Å²) in [7, 11) is 0. The normalized spacial score (nSPS) is 17.2. The Labute approximate surface area is 190 Å². The minimum absolute atomic E-state index is 0.0212. The van der Waals surface area contributed by atoms with E-state index in [2.05, 4.69) is 17.0 Å². The number of thioether (sulfide) groups is 1. The Hall–Kier alpha value is -2.64. The Morgan fingerprint density at radius 2 is 1.90 bits per heavy atom. The first-order valence-corrected chi connectivity index (χ1v) is 11.6. The standard InChI is InChI=1S/C23H23ClN4O2S/c1-2-3-4-5-6-7-20-27-28-21(25)18(22(29)26-23(28)31-20)14-17-12-13-19(30-17)15-8-10-16(24)11-9-15/h8-14,25H,2-7H2,1H3. The van der Waals surface area contributed by atoms with Gasteiger partial charge in [-0.2, -0.15) is 15.1 Å². The highest BCUT2D eigenvalue weighted by Gasteiger charge is 2.35. The van der Waals surface area contributed by atoms with Gasteiger partial charge in [-0.3, -0.25) is 10.2 Å². The number of carbonyl (C=O) groups excluding carboxylic acids is 1. The number of fused-ring (bicyclic) bond motifs is 1. The Morgan fingerprint density at radius 1 is 1.13 bits per heavy atom. The molecule has 160 valence electrons. The van der Waals surface area contributed by atoms with Crippen molar-refractivity contribution in [2.75, 3.05) is 0 Å². The maximum absolute atomic E-state index is 12.6. The van der Waals surface area contributed by atoms with E-state index in [1.807, 2.05) is 18.2 Å². The molecule has 1 aromatic heterocycles. The van der Waals surface area contributed by atoms with Crippen molar-refractivity contribution in [1.82, 2.24) is 5.01 Å².